The summed E-state index contributed by atoms with van der Waals surface area (Å²) in [5.41, 5.74) is 6.02. The molecule has 4 nitrogen and oxygen atoms in total. The third-order valence-corrected chi connectivity index (χ3v) is 4.01. The van der Waals surface area contributed by atoms with Gasteiger partial charge in [-0.1, -0.05) is 24.8 Å². The van der Waals surface area contributed by atoms with Gasteiger partial charge in [0.25, 0.3) is 0 Å². The van der Waals surface area contributed by atoms with E-state index < -0.39 is 0 Å². The molecule has 0 saturated carbocycles. The summed E-state index contributed by atoms with van der Waals surface area (Å²) in [6.45, 7) is 5.86. The lowest BCUT2D eigenvalue weighted by Crippen LogP contribution is -1.93. The Balaban J connectivity index is 1.79. The van der Waals surface area contributed by atoms with Gasteiger partial charge in [0, 0.05) is 23.7 Å². The van der Waals surface area contributed by atoms with E-state index in [1.165, 1.54) is 10.9 Å². The molecular weight excluding hydrogens is 284 g/mol. The lowest BCUT2D eigenvalue weighted by atomic mass is 10.0. The highest BCUT2D eigenvalue weighted by Crippen LogP contribution is 2.23. The smallest absolute Gasteiger partial charge is 0.112 e. The Kier molecular flexibility index (Phi) is 3.15. The van der Waals surface area contributed by atoms with Crippen LogP contribution >= 0.6 is 0 Å². The molecule has 0 bridgehead atoms. The Labute approximate surface area is 133 Å². The van der Waals surface area contributed by atoms with E-state index in [0.29, 0.717) is 0 Å². The molecule has 0 unspecified atom stereocenters. The highest BCUT2D eigenvalue weighted by Gasteiger charge is 2.08. The maximum absolute atomic E-state index is 4.52. The number of hydrogen-bond acceptors (Lipinski definition) is 3. The van der Waals surface area contributed by atoms with Crippen LogP contribution in [0.2, 0.25) is 0 Å². The van der Waals surface area contributed by atoms with E-state index >= 15 is 0 Å². The minimum Gasteiger partial charge on any atom is -0.279 e. The summed E-state index contributed by atoms with van der Waals surface area (Å²) in [5, 5.41) is 9.72. The number of rotatable bonds is 3. The zero-order valence-electron chi connectivity index (χ0n) is 12.9. The first-order valence-corrected chi connectivity index (χ1v) is 7.55. The molecule has 1 aromatic carbocycles. The molecule has 0 amide bonds. The third-order valence-electron chi connectivity index (χ3n) is 4.01. The van der Waals surface area contributed by atoms with Crippen molar-refractivity contribution in [1.29, 1.82) is 0 Å². The number of aryl methyl sites for hydroxylation is 1. The van der Waals surface area contributed by atoms with Gasteiger partial charge in [0.05, 0.1) is 11.4 Å². The van der Waals surface area contributed by atoms with Crippen molar-refractivity contribution in [3.63, 3.8) is 0 Å². The first kappa shape index (κ1) is 13.6. The fourth-order valence-corrected chi connectivity index (χ4v) is 2.97. The van der Waals surface area contributed by atoms with Crippen molar-refractivity contribution in [2.75, 3.05) is 0 Å². The minimum atomic E-state index is 0.772. The van der Waals surface area contributed by atoms with E-state index in [0.717, 1.165) is 39.9 Å². The van der Waals surface area contributed by atoms with Crippen LogP contribution in [0, 0.1) is 6.92 Å². The number of aromatic amines is 1. The van der Waals surface area contributed by atoms with Crippen LogP contribution in [-0.2, 0) is 6.42 Å². The number of fused-ring (bicyclic) bond motifs is 2. The van der Waals surface area contributed by atoms with Gasteiger partial charge in [0.15, 0.2) is 0 Å². The lowest BCUT2D eigenvalue weighted by molar-refractivity contribution is 1.01. The number of benzene rings is 1. The lowest BCUT2D eigenvalue weighted by Gasteiger charge is -2.07. The molecule has 0 aliphatic rings. The van der Waals surface area contributed by atoms with Crippen LogP contribution in [0.4, 0.5) is 0 Å². The molecule has 3 heterocycles. The standard InChI is InChI=1S/C19H16N4/c1-3-16-15-7-6-13(10-14(15)9-12(2)21-16)11-18-19-17(22-23-18)5-4-8-20-19/h3-10H,1,11H2,2H3,(H,22,23). The maximum atomic E-state index is 4.52. The molecule has 1 N–H and O–H groups in total. The molecule has 3 aromatic heterocycles. The summed E-state index contributed by atoms with van der Waals surface area (Å²) in [6.07, 6.45) is 4.38. The van der Waals surface area contributed by atoms with Crippen LogP contribution in [0.1, 0.15) is 22.6 Å². The van der Waals surface area contributed by atoms with Crippen molar-refractivity contribution in [2.24, 2.45) is 0 Å². The highest BCUT2D eigenvalue weighted by molar-refractivity contribution is 5.89. The zero-order chi connectivity index (χ0) is 15.8. The molecule has 23 heavy (non-hydrogen) atoms. The predicted octanol–water partition coefficient (Wildman–Crippen LogP) is 4.05. The second-order valence-corrected chi connectivity index (χ2v) is 5.66. The van der Waals surface area contributed by atoms with Crippen LogP contribution in [0.3, 0.4) is 0 Å². The summed E-state index contributed by atoms with van der Waals surface area (Å²) in [4.78, 5) is 8.95. The van der Waals surface area contributed by atoms with Crippen LogP contribution in [0.15, 0.2) is 49.2 Å². The molecular formula is C19H16N4. The van der Waals surface area contributed by atoms with Gasteiger partial charge in [-0.25, -0.2) is 0 Å². The van der Waals surface area contributed by atoms with E-state index in [4.69, 9.17) is 0 Å². The number of H-pyrrole nitrogens is 1. The van der Waals surface area contributed by atoms with Gasteiger partial charge in [0.2, 0.25) is 0 Å². The van der Waals surface area contributed by atoms with Crippen molar-refractivity contribution in [2.45, 2.75) is 13.3 Å². The fraction of sp³-hybridized carbons (Fsp3) is 0.105. The quantitative estimate of drug-likeness (QED) is 0.621. The molecule has 112 valence electrons. The Morgan fingerprint density at radius 1 is 1.22 bits per heavy atom. The van der Waals surface area contributed by atoms with Gasteiger partial charge >= 0.3 is 0 Å². The van der Waals surface area contributed by atoms with Crippen molar-refractivity contribution in [1.82, 2.24) is 20.2 Å². The Bertz CT molecular complexity index is 1030. The summed E-state index contributed by atoms with van der Waals surface area (Å²) in [6, 6.07) is 12.4. The first-order chi connectivity index (χ1) is 11.2. The molecule has 0 aliphatic carbocycles. The van der Waals surface area contributed by atoms with Crippen LogP contribution in [-0.4, -0.2) is 20.2 Å². The summed E-state index contributed by atoms with van der Waals surface area (Å²) in [7, 11) is 0. The third kappa shape index (κ3) is 2.38. The van der Waals surface area contributed by atoms with Crippen molar-refractivity contribution in [3.8, 4) is 0 Å². The van der Waals surface area contributed by atoms with E-state index in [-0.39, 0.29) is 0 Å². The number of pyridine rings is 2. The van der Waals surface area contributed by atoms with E-state index in [9.17, 15) is 0 Å². The summed E-state index contributed by atoms with van der Waals surface area (Å²) >= 11 is 0. The molecule has 0 aliphatic heterocycles. The van der Waals surface area contributed by atoms with Crippen molar-refractivity contribution < 1.29 is 0 Å². The van der Waals surface area contributed by atoms with Crippen molar-refractivity contribution >= 4 is 27.9 Å². The first-order valence-electron chi connectivity index (χ1n) is 7.55. The molecule has 0 spiro atoms. The topological polar surface area (TPSA) is 54.5 Å². The minimum absolute atomic E-state index is 0.772. The molecule has 4 heteroatoms. The van der Waals surface area contributed by atoms with Gasteiger partial charge in [-0.2, -0.15) is 5.10 Å². The predicted molar refractivity (Wildman–Crippen MR) is 93.3 cm³/mol. The molecule has 4 aromatic rings. The maximum Gasteiger partial charge on any atom is 0.112 e. The molecule has 0 saturated heterocycles. The zero-order valence-corrected chi connectivity index (χ0v) is 12.9. The molecule has 0 fully saturated rings. The van der Waals surface area contributed by atoms with Crippen LogP contribution in [0.25, 0.3) is 27.9 Å². The molecule has 0 radical (unpaired) electrons. The van der Waals surface area contributed by atoms with Crippen LogP contribution < -0.4 is 0 Å². The van der Waals surface area contributed by atoms with Crippen LogP contribution in [0.5, 0.6) is 0 Å². The Morgan fingerprint density at radius 3 is 3.00 bits per heavy atom. The van der Waals surface area contributed by atoms with E-state index in [2.05, 4.69) is 51.0 Å². The number of nitrogens with one attached hydrogen (secondary N) is 1. The summed E-state index contributed by atoms with van der Waals surface area (Å²) < 4.78 is 0. The van der Waals surface area contributed by atoms with Gasteiger partial charge in [-0.05, 0) is 42.1 Å². The summed E-state index contributed by atoms with van der Waals surface area (Å²) in [5.74, 6) is 0. The second kappa shape index (κ2) is 5.32. The monoisotopic (exact) mass is 300 g/mol. The average Bonchev–Trinajstić information content (AvgIpc) is 2.97. The SMILES string of the molecule is C=Cc1nc(C)cc2cc(Cc3[nH]nc4cccnc34)ccc12. The fourth-order valence-electron chi connectivity index (χ4n) is 2.97. The highest BCUT2D eigenvalue weighted by atomic mass is 15.1. The van der Waals surface area contributed by atoms with Gasteiger partial charge < -0.3 is 0 Å². The van der Waals surface area contributed by atoms with E-state index in [1.54, 1.807) is 12.3 Å². The number of hydrogen-bond donors (Lipinski definition) is 1. The molecule has 0 atom stereocenters. The Hall–Kier alpha value is -3.01. The van der Waals surface area contributed by atoms with Gasteiger partial charge in [-0.3, -0.25) is 15.1 Å². The largest absolute Gasteiger partial charge is 0.279 e. The average molecular weight is 300 g/mol. The van der Waals surface area contributed by atoms with Gasteiger partial charge in [0.1, 0.15) is 11.0 Å². The Morgan fingerprint density at radius 2 is 2.13 bits per heavy atom. The normalized spacial score (nSPS) is 11.2. The second-order valence-electron chi connectivity index (χ2n) is 5.66. The van der Waals surface area contributed by atoms with E-state index in [1.807, 2.05) is 19.1 Å². The number of aromatic nitrogens is 4. The van der Waals surface area contributed by atoms with Crippen molar-refractivity contribution in [3.05, 3.63) is 71.8 Å². The molecule has 4 rings (SSSR count). The van der Waals surface area contributed by atoms with Gasteiger partial charge in [-0.15, -0.1) is 0 Å². The number of nitrogens with zero attached hydrogens (tertiary/aromatic N) is 3.